The third-order valence-corrected chi connectivity index (χ3v) is 1.15. The van der Waals surface area contributed by atoms with Gasteiger partial charge in [0.15, 0.2) is 6.29 Å². The molecular weight excluding hydrogens is 225 g/mol. The number of hydrogen-bond acceptors (Lipinski definition) is 5. The largest absolute Gasteiger partial charge is 0.294 e. The Labute approximate surface area is 86.3 Å². The van der Waals surface area contributed by atoms with Crippen molar-refractivity contribution >= 4 is 17.9 Å². The number of hydrogen-bond donors (Lipinski definition) is 0. The maximum Gasteiger partial charge on any atom is 0.267 e. The monoisotopic (exact) mass is 228 g/mol. The average Bonchev–Trinajstić information content (AvgIpc) is 2.17. The van der Waals surface area contributed by atoms with Gasteiger partial charge in [0.1, 0.15) is 12.0 Å². The molecule has 0 amide bonds. The standard InChI is InChI=1S/C7H4N2O3.Zn/c10-3-6(11)7(12)5-1-2-8-4-9-5;/h1-4H;. The summed E-state index contributed by atoms with van der Waals surface area (Å²) in [5.41, 5.74) is -0.0675. The van der Waals surface area contributed by atoms with Crippen molar-refractivity contribution in [3.8, 4) is 0 Å². The Morgan fingerprint density at radius 1 is 1.38 bits per heavy atom. The number of aromatic nitrogens is 2. The molecule has 0 fully saturated rings. The topological polar surface area (TPSA) is 77.0 Å². The molecule has 6 heteroatoms. The molecule has 62 valence electrons. The molecule has 0 aliphatic rings. The van der Waals surface area contributed by atoms with Crippen LogP contribution in [0.3, 0.4) is 0 Å². The number of carbonyl (C=O) groups excluding carboxylic acids is 3. The van der Waals surface area contributed by atoms with Gasteiger partial charge < -0.3 is 0 Å². The van der Waals surface area contributed by atoms with Crippen LogP contribution in [0.15, 0.2) is 18.6 Å². The molecule has 0 aliphatic heterocycles. The second-order valence-corrected chi connectivity index (χ2v) is 1.91. The minimum Gasteiger partial charge on any atom is -0.294 e. The minimum absolute atomic E-state index is 0. The van der Waals surface area contributed by atoms with E-state index >= 15 is 0 Å². The molecule has 0 aromatic carbocycles. The molecule has 1 aromatic rings. The number of carbonyl (C=O) groups is 3. The van der Waals surface area contributed by atoms with Crippen molar-refractivity contribution in [1.29, 1.82) is 0 Å². The Hall–Kier alpha value is -1.29. The van der Waals surface area contributed by atoms with Gasteiger partial charge in [0, 0.05) is 25.7 Å². The van der Waals surface area contributed by atoms with Gasteiger partial charge in [-0.15, -0.1) is 0 Å². The Morgan fingerprint density at radius 2 is 2.08 bits per heavy atom. The summed E-state index contributed by atoms with van der Waals surface area (Å²) in [6, 6.07) is 1.27. The van der Waals surface area contributed by atoms with E-state index in [4.69, 9.17) is 0 Å². The molecule has 0 N–H and O–H groups in total. The molecule has 1 rings (SSSR count). The zero-order valence-corrected chi connectivity index (χ0v) is 9.60. The van der Waals surface area contributed by atoms with Crippen LogP contribution < -0.4 is 0 Å². The minimum atomic E-state index is -1.10. The van der Waals surface area contributed by atoms with Crippen LogP contribution in [0.2, 0.25) is 0 Å². The first-order valence-electron chi connectivity index (χ1n) is 3.05. The van der Waals surface area contributed by atoms with Crippen molar-refractivity contribution in [1.82, 2.24) is 9.97 Å². The summed E-state index contributed by atoms with van der Waals surface area (Å²) in [7, 11) is 0. The number of nitrogens with zero attached hydrogens (tertiary/aromatic N) is 2. The molecule has 0 atom stereocenters. The Balaban J connectivity index is 0.00000144. The van der Waals surface area contributed by atoms with Crippen molar-refractivity contribution in [3.05, 3.63) is 24.3 Å². The van der Waals surface area contributed by atoms with Gasteiger partial charge in [0.25, 0.3) is 11.6 Å². The predicted octanol–water partition coefficient (Wildman–Crippen LogP) is -0.575. The molecule has 0 saturated carbocycles. The van der Waals surface area contributed by atoms with Crippen molar-refractivity contribution in [3.63, 3.8) is 0 Å². The molecule has 0 aliphatic carbocycles. The molecule has 0 spiro atoms. The smallest absolute Gasteiger partial charge is 0.267 e. The number of rotatable bonds is 3. The molecule has 0 radical (unpaired) electrons. The third kappa shape index (κ3) is 2.91. The Kier molecular flexibility index (Phi) is 4.84. The third-order valence-electron chi connectivity index (χ3n) is 1.15. The van der Waals surface area contributed by atoms with E-state index < -0.39 is 11.6 Å². The van der Waals surface area contributed by atoms with Crippen molar-refractivity contribution in [2.45, 2.75) is 0 Å². The Bertz CT molecular complexity index is 326. The van der Waals surface area contributed by atoms with E-state index in [-0.39, 0.29) is 31.5 Å². The summed E-state index contributed by atoms with van der Waals surface area (Å²) in [4.78, 5) is 38.4. The molecule has 0 bridgehead atoms. The van der Waals surface area contributed by atoms with Crippen LogP contribution in [0.25, 0.3) is 0 Å². The maximum absolute atomic E-state index is 10.9. The SMILES string of the molecule is O=CC(=O)C(=O)c1ccncn1.[Zn]. The van der Waals surface area contributed by atoms with Gasteiger partial charge in [-0.1, -0.05) is 0 Å². The molecule has 0 saturated heterocycles. The summed E-state index contributed by atoms with van der Waals surface area (Å²) in [6.07, 6.45) is 2.41. The van der Waals surface area contributed by atoms with Gasteiger partial charge >= 0.3 is 0 Å². The van der Waals surface area contributed by atoms with E-state index in [0.717, 1.165) is 6.33 Å². The number of aldehydes is 1. The zero-order valence-electron chi connectivity index (χ0n) is 6.64. The van der Waals surface area contributed by atoms with Gasteiger partial charge in [0.05, 0.1) is 0 Å². The van der Waals surface area contributed by atoms with Gasteiger partial charge in [-0.2, -0.15) is 0 Å². The van der Waals surface area contributed by atoms with Crippen LogP contribution in [0.4, 0.5) is 0 Å². The molecule has 0 unspecified atom stereocenters. The van der Waals surface area contributed by atoms with Gasteiger partial charge in [-0.25, -0.2) is 9.97 Å². The number of Topliss-reactive ketones (excluding diaryl/α,β-unsaturated/α-hetero) is 2. The summed E-state index contributed by atoms with van der Waals surface area (Å²) in [5.74, 6) is -2.01. The van der Waals surface area contributed by atoms with E-state index in [2.05, 4.69) is 9.97 Å². The normalized spacial score (nSPS) is 8.31. The van der Waals surface area contributed by atoms with E-state index in [9.17, 15) is 14.4 Å². The fraction of sp³-hybridized carbons (Fsp3) is 0. The van der Waals surface area contributed by atoms with E-state index in [1.165, 1.54) is 12.3 Å². The van der Waals surface area contributed by atoms with Crippen LogP contribution >= 0.6 is 0 Å². The average molecular weight is 230 g/mol. The van der Waals surface area contributed by atoms with E-state index in [1.54, 1.807) is 0 Å². The predicted molar refractivity (Wildman–Crippen MR) is 37.4 cm³/mol. The van der Waals surface area contributed by atoms with Crippen molar-refractivity contribution in [2.24, 2.45) is 0 Å². The molecule has 5 nitrogen and oxygen atoms in total. The van der Waals surface area contributed by atoms with Crippen LogP contribution in [-0.2, 0) is 29.1 Å². The van der Waals surface area contributed by atoms with Crippen molar-refractivity contribution in [2.75, 3.05) is 0 Å². The van der Waals surface area contributed by atoms with Gasteiger partial charge in [-0.3, -0.25) is 14.4 Å². The van der Waals surface area contributed by atoms with E-state index in [1.807, 2.05) is 0 Å². The summed E-state index contributed by atoms with van der Waals surface area (Å²) >= 11 is 0. The second kappa shape index (κ2) is 5.37. The molecule has 1 aromatic heterocycles. The molecular formula is C7H4N2O3Zn. The summed E-state index contributed by atoms with van der Waals surface area (Å²) in [6.45, 7) is 0. The molecule has 13 heavy (non-hydrogen) atoms. The quantitative estimate of drug-likeness (QED) is 0.228. The van der Waals surface area contributed by atoms with Gasteiger partial charge in [-0.05, 0) is 6.07 Å². The first kappa shape index (κ1) is 11.7. The fourth-order valence-corrected chi connectivity index (χ4v) is 0.605. The first-order chi connectivity index (χ1) is 5.75. The fourth-order valence-electron chi connectivity index (χ4n) is 0.605. The van der Waals surface area contributed by atoms with Crippen LogP contribution in [0.1, 0.15) is 10.5 Å². The van der Waals surface area contributed by atoms with E-state index in [0.29, 0.717) is 0 Å². The zero-order chi connectivity index (χ0) is 8.97. The van der Waals surface area contributed by atoms with Gasteiger partial charge in [0.2, 0.25) is 0 Å². The Morgan fingerprint density at radius 3 is 2.54 bits per heavy atom. The summed E-state index contributed by atoms with van der Waals surface area (Å²) < 4.78 is 0. The van der Waals surface area contributed by atoms with Crippen LogP contribution in [0.5, 0.6) is 0 Å². The van der Waals surface area contributed by atoms with Crippen LogP contribution in [-0.4, -0.2) is 27.8 Å². The maximum atomic E-state index is 10.9. The molecule has 1 heterocycles. The second-order valence-electron chi connectivity index (χ2n) is 1.91. The van der Waals surface area contributed by atoms with Crippen LogP contribution in [0, 0.1) is 0 Å². The number of ketones is 2. The van der Waals surface area contributed by atoms with Crippen molar-refractivity contribution < 1.29 is 33.9 Å². The first-order valence-corrected chi connectivity index (χ1v) is 3.05. The summed E-state index contributed by atoms with van der Waals surface area (Å²) in [5, 5.41) is 0.